The van der Waals surface area contributed by atoms with E-state index in [9.17, 15) is 19.5 Å². The third-order valence-electron chi connectivity index (χ3n) is 3.60. The van der Waals surface area contributed by atoms with E-state index in [-0.39, 0.29) is 12.8 Å². The van der Waals surface area contributed by atoms with Crippen LogP contribution in [0.15, 0.2) is 65.6 Å². The zero-order valence-corrected chi connectivity index (χ0v) is 14.7. The highest BCUT2D eigenvalue weighted by Crippen LogP contribution is 2.35. The van der Waals surface area contributed by atoms with E-state index in [0.717, 1.165) is 10.5 Å². The van der Waals surface area contributed by atoms with Crippen LogP contribution in [-0.4, -0.2) is 34.1 Å². The minimum absolute atomic E-state index is 0.173. The molecule has 3 N–H and O–H groups in total. The van der Waals surface area contributed by atoms with Gasteiger partial charge in [0.2, 0.25) is 5.91 Å². The van der Waals surface area contributed by atoms with Crippen LogP contribution in [-0.2, 0) is 14.4 Å². The van der Waals surface area contributed by atoms with Gasteiger partial charge in [0.25, 0.3) is 0 Å². The fourth-order valence-corrected chi connectivity index (χ4v) is 3.36. The van der Waals surface area contributed by atoms with Crippen molar-refractivity contribution in [2.24, 2.45) is 0 Å². The first-order valence-electron chi connectivity index (χ1n) is 7.99. The third-order valence-corrected chi connectivity index (χ3v) is 4.87. The quantitative estimate of drug-likeness (QED) is 0.584. The van der Waals surface area contributed by atoms with Crippen molar-refractivity contribution in [2.75, 3.05) is 0 Å². The van der Waals surface area contributed by atoms with Crippen LogP contribution < -0.4 is 5.32 Å². The van der Waals surface area contributed by atoms with Gasteiger partial charge in [-0.25, -0.2) is 4.79 Å². The van der Waals surface area contributed by atoms with Gasteiger partial charge in [-0.2, -0.15) is 0 Å². The smallest absolute Gasteiger partial charge is 0.326 e. The maximum absolute atomic E-state index is 12.8. The first-order valence-corrected chi connectivity index (χ1v) is 8.87. The molecule has 0 bridgehead atoms. The zero-order chi connectivity index (χ0) is 18.9. The van der Waals surface area contributed by atoms with Gasteiger partial charge in [-0.3, -0.25) is 9.59 Å². The average Bonchev–Trinajstić information content (AvgIpc) is 2.64. The third kappa shape index (κ3) is 5.93. The first kappa shape index (κ1) is 19.5. The van der Waals surface area contributed by atoms with Gasteiger partial charge in [-0.15, -0.1) is 11.8 Å². The van der Waals surface area contributed by atoms with Crippen LogP contribution in [0.3, 0.4) is 0 Å². The molecule has 0 saturated heterocycles. The van der Waals surface area contributed by atoms with Crippen molar-refractivity contribution >= 4 is 29.6 Å². The summed E-state index contributed by atoms with van der Waals surface area (Å²) in [4.78, 5) is 35.7. The molecule has 7 heteroatoms. The summed E-state index contributed by atoms with van der Waals surface area (Å²) in [6, 6.07) is 17.1. The van der Waals surface area contributed by atoms with E-state index in [1.807, 2.05) is 36.4 Å². The second-order valence-electron chi connectivity index (χ2n) is 5.55. The molecular weight excluding hydrogens is 354 g/mol. The molecule has 1 amide bonds. The number of carboxylic acid groups (broad SMARTS) is 2. The lowest BCUT2D eigenvalue weighted by molar-refractivity contribution is -0.143. The molecule has 6 nitrogen and oxygen atoms in total. The molecule has 2 aromatic rings. The van der Waals surface area contributed by atoms with Crippen molar-refractivity contribution < 1.29 is 24.6 Å². The summed E-state index contributed by atoms with van der Waals surface area (Å²) in [5.41, 5.74) is 0.737. The molecule has 0 unspecified atom stereocenters. The van der Waals surface area contributed by atoms with Crippen LogP contribution in [0.1, 0.15) is 23.7 Å². The molecule has 0 heterocycles. The number of rotatable bonds is 9. The Bertz CT molecular complexity index is 751. The maximum atomic E-state index is 12.8. The number of carbonyl (C=O) groups is 3. The number of aliphatic carboxylic acids is 2. The summed E-state index contributed by atoms with van der Waals surface area (Å²) in [6.07, 6.45) is -0.507. The largest absolute Gasteiger partial charge is 0.481 e. The minimum atomic E-state index is -1.25. The number of nitrogens with one attached hydrogen (secondary N) is 1. The normalized spacial score (nSPS) is 12.8. The van der Waals surface area contributed by atoms with Crippen LogP contribution >= 0.6 is 11.8 Å². The van der Waals surface area contributed by atoms with Gasteiger partial charge in [0.15, 0.2) is 0 Å². The summed E-state index contributed by atoms with van der Waals surface area (Å²) >= 11 is 1.31. The second-order valence-corrected chi connectivity index (χ2v) is 6.73. The van der Waals surface area contributed by atoms with E-state index in [1.165, 1.54) is 11.8 Å². The highest BCUT2D eigenvalue weighted by atomic mass is 32.2. The number of amides is 1. The lowest BCUT2D eigenvalue weighted by Crippen LogP contribution is -2.42. The fraction of sp³-hybridized carbons (Fsp3) is 0.211. The summed E-state index contributed by atoms with van der Waals surface area (Å²) in [6.45, 7) is 0. The Kier molecular flexibility index (Phi) is 7.23. The molecule has 2 rings (SSSR count). The van der Waals surface area contributed by atoms with Crippen molar-refractivity contribution in [3.8, 4) is 0 Å². The van der Waals surface area contributed by atoms with E-state index < -0.39 is 29.1 Å². The van der Waals surface area contributed by atoms with Crippen molar-refractivity contribution in [3.63, 3.8) is 0 Å². The van der Waals surface area contributed by atoms with E-state index in [0.29, 0.717) is 0 Å². The Morgan fingerprint density at radius 2 is 1.50 bits per heavy atom. The standard InChI is InChI=1S/C19H19NO5S/c21-16(22)12-11-15(19(24)25)20-18(23)17(13-7-3-1-4-8-13)26-14-9-5-2-6-10-14/h1-10,15,17H,11-12H2,(H,20,23)(H,21,22)(H,24,25)/t15-,17-/m1/s1. The lowest BCUT2D eigenvalue weighted by atomic mass is 10.1. The van der Waals surface area contributed by atoms with Gasteiger partial charge < -0.3 is 15.5 Å². The maximum Gasteiger partial charge on any atom is 0.326 e. The van der Waals surface area contributed by atoms with Crippen molar-refractivity contribution in [3.05, 3.63) is 66.2 Å². The van der Waals surface area contributed by atoms with Gasteiger partial charge in [0.1, 0.15) is 11.3 Å². The SMILES string of the molecule is O=C(O)CC[C@@H](NC(=O)[C@H](Sc1ccccc1)c1ccccc1)C(=O)O. The van der Waals surface area contributed by atoms with Crippen LogP contribution in [0.2, 0.25) is 0 Å². The predicted octanol–water partition coefficient (Wildman–Crippen LogP) is 2.95. The molecule has 0 fully saturated rings. The highest BCUT2D eigenvalue weighted by Gasteiger charge is 2.27. The van der Waals surface area contributed by atoms with Gasteiger partial charge in [-0.05, 0) is 24.1 Å². The Balaban J connectivity index is 2.19. The number of hydrogen-bond acceptors (Lipinski definition) is 4. The zero-order valence-electron chi connectivity index (χ0n) is 13.9. The van der Waals surface area contributed by atoms with Crippen molar-refractivity contribution in [1.82, 2.24) is 5.32 Å². The summed E-state index contributed by atoms with van der Waals surface area (Å²) in [5, 5.41) is 19.8. The first-order chi connectivity index (χ1) is 12.5. The molecule has 0 radical (unpaired) electrons. The Morgan fingerprint density at radius 3 is 2.04 bits per heavy atom. The molecular formula is C19H19NO5S. The van der Waals surface area contributed by atoms with Gasteiger partial charge in [-0.1, -0.05) is 48.5 Å². The molecule has 0 aliphatic carbocycles. The topological polar surface area (TPSA) is 104 Å². The van der Waals surface area contributed by atoms with Crippen LogP contribution in [0.4, 0.5) is 0 Å². The lowest BCUT2D eigenvalue weighted by Gasteiger charge is -2.20. The number of thioether (sulfide) groups is 1. The Hall–Kier alpha value is -2.80. The highest BCUT2D eigenvalue weighted by molar-refractivity contribution is 8.00. The fourth-order valence-electron chi connectivity index (χ4n) is 2.31. The summed E-state index contributed by atoms with van der Waals surface area (Å²) < 4.78 is 0. The molecule has 0 spiro atoms. The molecule has 0 saturated carbocycles. The molecule has 2 aromatic carbocycles. The van der Waals surface area contributed by atoms with E-state index in [1.54, 1.807) is 24.3 Å². The van der Waals surface area contributed by atoms with Crippen LogP contribution in [0, 0.1) is 0 Å². The van der Waals surface area contributed by atoms with E-state index >= 15 is 0 Å². The molecule has 2 atom stereocenters. The Morgan fingerprint density at radius 1 is 0.923 bits per heavy atom. The molecule has 136 valence electrons. The van der Waals surface area contributed by atoms with Gasteiger partial charge in [0.05, 0.1) is 0 Å². The van der Waals surface area contributed by atoms with Crippen LogP contribution in [0.5, 0.6) is 0 Å². The summed E-state index contributed by atoms with van der Waals surface area (Å²) in [7, 11) is 0. The number of carbonyl (C=O) groups excluding carboxylic acids is 1. The number of benzene rings is 2. The molecule has 0 aliphatic rings. The van der Waals surface area contributed by atoms with Crippen LogP contribution in [0.25, 0.3) is 0 Å². The van der Waals surface area contributed by atoms with Crippen molar-refractivity contribution in [1.29, 1.82) is 0 Å². The summed E-state index contributed by atoms with van der Waals surface area (Å²) in [5.74, 6) is -2.83. The molecule has 26 heavy (non-hydrogen) atoms. The monoisotopic (exact) mass is 373 g/mol. The average molecular weight is 373 g/mol. The van der Waals surface area contributed by atoms with E-state index in [4.69, 9.17) is 5.11 Å². The van der Waals surface area contributed by atoms with Gasteiger partial charge >= 0.3 is 11.9 Å². The molecule has 0 aromatic heterocycles. The van der Waals surface area contributed by atoms with Crippen molar-refractivity contribution in [2.45, 2.75) is 29.0 Å². The second kappa shape index (κ2) is 9.62. The van der Waals surface area contributed by atoms with Gasteiger partial charge in [0, 0.05) is 11.3 Å². The number of carboxylic acids is 2. The number of hydrogen-bond donors (Lipinski definition) is 3. The minimum Gasteiger partial charge on any atom is -0.481 e. The van der Waals surface area contributed by atoms with E-state index in [2.05, 4.69) is 5.32 Å². The Labute approximate surface area is 155 Å². The molecule has 0 aliphatic heterocycles. The predicted molar refractivity (Wildman–Crippen MR) is 97.9 cm³/mol.